The van der Waals surface area contributed by atoms with Crippen LogP contribution in [0.5, 0.6) is 5.75 Å². The number of aromatic nitrogens is 1. The summed E-state index contributed by atoms with van der Waals surface area (Å²) in [5, 5.41) is 2.60. The summed E-state index contributed by atoms with van der Waals surface area (Å²) in [7, 11) is -2.44. The normalized spacial score (nSPS) is 11.2. The summed E-state index contributed by atoms with van der Waals surface area (Å²) < 4.78 is 37.8. The fraction of sp³-hybridized carbons (Fsp3) is 0.120. The van der Waals surface area contributed by atoms with Crippen molar-refractivity contribution in [3.05, 3.63) is 84.4 Å². The summed E-state index contributed by atoms with van der Waals surface area (Å²) in [5.74, 6) is 0.264. The number of amides is 1. The van der Waals surface area contributed by atoms with Crippen LogP contribution in [0.4, 0.5) is 5.69 Å². The lowest BCUT2D eigenvalue weighted by Crippen LogP contribution is -2.15. The molecule has 3 aromatic carbocycles. The standard InChI is InChI=1S/C25H22N2O5S2/c1-17-12-14-18(15-13-17)23-27-24(34(29,30)19-8-4-3-5-9-19)25(32-23)33-16-22(28)26-20-10-6-7-11-21(20)31-2/h3-15H,16H2,1-2H3,(H,26,28). The zero-order chi connectivity index (χ0) is 24.1. The number of thioether (sulfide) groups is 1. The first-order chi connectivity index (χ1) is 16.4. The van der Waals surface area contributed by atoms with Crippen LogP contribution < -0.4 is 10.1 Å². The summed E-state index contributed by atoms with van der Waals surface area (Å²) in [6, 6.07) is 22.4. The van der Waals surface area contributed by atoms with Gasteiger partial charge in [-0.3, -0.25) is 4.79 Å². The second kappa shape index (κ2) is 10.1. The molecule has 174 valence electrons. The average Bonchev–Trinajstić information content (AvgIpc) is 3.29. The van der Waals surface area contributed by atoms with E-state index >= 15 is 0 Å². The van der Waals surface area contributed by atoms with Crippen molar-refractivity contribution in [3.8, 4) is 17.2 Å². The summed E-state index contributed by atoms with van der Waals surface area (Å²) >= 11 is 0.967. The number of rotatable bonds is 8. The predicted molar refractivity (Wildman–Crippen MR) is 131 cm³/mol. The van der Waals surface area contributed by atoms with Crippen molar-refractivity contribution in [1.82, 2.24) is 4.98 Å². The van der Waals surface area contributed by atoms with Gasteiger partial charge >= 0.3 is 0 Å². The Morgan fingerprint density at radius 2 is 1.68 bits per heavy atom. The first-order valence-corrected chi connectivity index (χ1v) is 12.8. The lowest BCUT2D eigenvalue weighted by Gasteiger charge is -2.09. The highest BCUT2D eigenvalue weighted by molar-refractivity contribution is 8.00. The van der Waals surface area contributed by atoms with Gasteiger partial charge in [0.15, 0.2) is 0 Å². The molecule has 0 spiro atoms. The molecule has 4 aromatic rings. The molecular formula is C25H22N2O5S2. The van der Waals surface area contributed by atoms with E-state index in [2.05, 4.69) is 10.3 Å². The molecule has 0 saturated heterocycles. The van der Waals surface area contributed by atoms with Crippen molar-refractivity contribution in [2.75, 3.05) is 18.2 Å². The third kappa shape index (κ3) is 5.16. The van der Waals surface area contributed by atoms with Crippen LogP contribution in [0.25, 0.3) is 11.5 Å². The Balaban J connectivity index is 1.64. The number of nitrogens with zero attached hydrogens (tertiary/aromatic N) is 1. The Morgan fingerprint density at radius 1 is 1.00 bits per heavy atom. The molecule has 9 heteroatoms. The molecule has 0 bridgehead atoms. The molecule has 0 saturated carbocycles. The maximum Gasteiger partial charge on any atom is 0.234 e. The molecule has 0 atom stereocenters. The van der Waals surface area contributed by atoms with Gasteiger partial charge in [0.05, 0.1) is 23.4 Å². The van der Waals surface area contributed by atoms with Gasteiger partial charge in [0, 0.05) is 5.56 Å². The first-order valence-electron chi connectivity index (χ1n) is 10.3. The van der Waals surface area contributed by atoms with Crippen molar-refractivity contribution < 1.29 is 22.4 Å². The molecule has 0 aliphatic heterocycles. The van der Waals surface area contributed by atoms with E-state index in [0.717, 1.165) is 17.3 Å². The van der Waals surface area contributed by atoms with Gasteiger partial charge in [-0.05, 0) is 43.3 Å². The monoisotopic (exact) mass is 494 g/mol. The van der Waals surface area contributed by atoms with Crippen LogP contribution >= 0.6 is 11.8 Å². The van der Waals surface area contributed by atoms with Crippen LogP contribution in [0.3, 0.4) is 0 Å². The number of carbonyl (C=O) groups excluding carboxylic acids is 1. The van der Waals surface area contributed by atoms with E-state index < -0.39 is 9.84 Å². The van der Waals surface area contributed by atoms with Gasteiger partial charge in [0.25, 0.3) is 0 Å². The van der Waals surface area contributed by atoms with Gasteiger partial charge in [0.2, 0.25) is 31.8 Å². The summed E-state index contributed by atoms with van der Waals surface area (Å²) in [6.45, 7) is 1.95. The molecule has 0 unspecified atom stereocenters. The molecule has 0 aliphatic carbocycles. The van der Waals surface area contributed by atoms with Crippen LogP contribution in [-0.2, 0) is 14.6 Å². The van der Waals surface area contributed by atoms with Gasteiger partial charge in [-0.1, -0.05) is 59.8 Å². The minimum Gasteiger partial charge on any atom is -0.495 e. The molecule has 1 heterocycles. The molecule has 1 N–H and O–H groups in total. The van der Waals surface area contributed by atoms with E-state index in [-0.39, 0.29) is 32.6 Å². The maximum absolute atomic E-state index is 13.3. The third-order valence-electron chi connectivity index (χ3n) is 4.89. The fourth-order valence-corrected chi connectivity index (χ4v) is 5.50. The molecule has 0 radical (unpaired) electrons. The lowest BCUT2D eigenvalue weighted by atomic mass is 10.1. The molecule has 0 aliphatic rings. The molecule has 7 nitrogen and oxygen atoms in total. The Bertz CT molecular complexity index is 1400. The Labute approximate surface area is 202 Å². The van der Waals surface area contributed by atoms with E-state index in [9.17, 15) is 13.2 Å². The number of methoxy groups -OCH3 is 1. The number of benzene rings is 3. The van der Waals surface area contributed by atoms with Gasteiger partial charge in [-0.15, -0.1) is 0 Å². The Kier molecular flexibility index (Phi) is 7.04. The predicted octanol–water partition coefficient (Wildman–Crippen LogP) is 5.22. The lowest BCUT2D eigenvalue weighted by molar-refractivity contribution is -0.113. The second-order valence-corrected chi connectivity index (χ2v) is 10.1. The van der Waals surface area contributed by atoms with E-state index in [4.69, 9.17) is 9.15 Å². The second-order valence-electron chi connectivity index (χ2n) is 7.33. The van der Waals surface area contributed by atoms with Gasteiger partial charge in [-0.25, -0.2) is 8.42 Å². The Morgan fingerprint density at radius 3 is 2.38 bits per heavy atom. The van der Waals surface area contributed by atoms with Crippen molar-refractivity contribution in [2.45, 2.75) is 21.9 Å². The zero-order valence-corrected chi connectivity index (χ0v) is 20.2. The van der Waals surface area contributed by atoms with E-state index in [1.54, 1.807) is 42.5 Å². The minimum absolute atomic E-state index is 0.0506. The Hall–Kier alpha value is -3.56. The molecular weight excluding hydrogens is 472 g/mol. The van der Waals surface area contributed by atoms with E-state index in [0.29, 0.717) is 17.0 Å². The van der Waals surface area contributed by atoms with Gasteiger partial charge in [0.1, 0.15) is 5.75 Å². The number of aryl methyl sites for hydroxylation is 1. The third-order valence-corrected chi connectivity index (χ3v) is 7.64. The zero-order valence-electron chi connectivity index (χ0n) is 18.5. The number of sulfone groups is 1. The van der Waals surface area contributed by atoms with Crippen molar-refractivity contribution in [1.29, 1.82) is 0 Å². The molecule has 34 heavy (non-hydrogen) atoms. The minimum atomic E-state index is -3.96. The van der Waals surface area contributed by atoms with Crippen LogP contribution in [0.1, 0.15) is 5.56 Å². The maximum atomic E-state index is 13.3. The fourth-order valence-electron chi connectivity index (χ4n) is 3.15. The number of nitrogens with one attached hydrogen (secondary N) is 1. The van der Waals surface area contributed by atoms with Crippen LogP contribution in [-0.4, -0.2) is 32.2 Å². The highest BCUT2D eigenvalue weighted by atomic mass is 32.2. The number of oxazole rings is 1. The highest BCUT2D eigenvalue weighted by Crippen LogP contribution is 2.35. The highest BCUT2D eigenvalue weighted by Gasteiger charge is 2.29. The topological polar surface area (TPSA) is 98.5 Å². The van der Waals surface area contributed by atoms with Crippen molar-refractivity contribution in [3.63, 3.8) is 0 Å². The van der Waals surface area contributed by atoms with Crippen molar-refractivity contribution >= 4 is 33.2 Å². The quantitative estimate of drug-likeness (QED) is 0.335. The smallest absolute Gasteiger partial charge is 0.234 e. The number of anilines is 1. The van der Waals surface area contributed by atoms with Gasteiger partial charge in [-0.2, -0.15) is 4.98 Å². The van der Waals surface area contributed by atoms with Crippen molar-refractivity contribution in [2.24, 2.45) is 0 Å². The van der Waals surface area contributed by atoms with E-state index in [1.807, 2.05) is 31.2 Å². The molecule has 1 aromatic heterocycles. The summed E-state index contributed by atoms with van der Waals surface area (Å²) in [5.41, 5.74) is 2.21. The molecule has 4 rings (SSSR count). The summed E-state index contributed by atoms with van der Waals surface area (Å²) in [4.78, 5) is 17.0. The largest absolute Gasteiger partial charge is 0.495 e. The number of para-hydroxylation sites is 2. The molecule has 0 fully saturated rings. The van der Waals surface area contributed by atoms with Gasteiger partial charge < -0.3 is 14.5 Å². The van der Waals surface area contributed by atoms with Crippen LogP contribution in [0.15, 0.2) is 98.3 Å². The number of hydrogen-bond donors (Lipinski definition) is 1. The van der Waals surface area contributed by atoms with Crippen LogP contribution in [0.2, 0.25) is 0 Å². The number of ether oxygens (including phenoxy) is 1. The summed E-state index contributed by atoms with van der Waals surface area (Å²) in [6.07, 6.45) is 0. The SMILES string of the molecule is COc1ccccc1NC(=O)CSc1oc(-c2ccc(C)cc2)nc1S(=O)(=O)c1ccccc1. The number of hydrogen-bond acceptors (Lipinski definition) is 7. The first kappa shape index (κ1) is 23.6. The molecule has 1 amide bonds. The average molecular weight is 495 g/mol. The van der Waals surface area contributed by atoms with E-state index in [1.165, 1.54) is 19.2 Å². The number of carbonyl (C=O) groups is 1. The van der Waals surface area contributed by atoms with Crippen LogP contribution in [0, 0.1) is 6.92 Å².